The highest BCUT2D eigenvalue weighted by atomic mass is 16.5. The van der Waals surface area contributed by atoms with Crippen molar-refractivity contribution < 1.29 is 14.4 Å². The maximum atomic E-state index is 12.0. The predicted octanol–water partition coefficient (Wildman–Crippen LogP) is 1.36. The highest BCUT2D eigenvalue weighted by Gasteiger charge is 2.34. The maximum Gasteiger partial charge on any atom is 0.275 e. The average molecular weight is 238 g/mol. The molecule has 1 aliphatic rings. The van der Waals surface area contributed by atoms with Crippen LogP contribution in [-0.2, 0) is 0 Å². The summed E-state index contributed by atoms with van der Waals surface area (Å²) in [6.07, 6.45) is 3.59. The number of carbonyl (C=O) groups is 1. The van der Waals surface area contributed by atoms with Gasteiger partial charge in [0.1, 0.15) is 5.76 Å². The number of aliphatic hydroxyl groups is 1. The summed E-state index contributed by atoms with van der Waals surface area (Å²) in [4.78, 5) is 13.5. The molecule has 1 N–H and O–H groups in total. The number of nitrogens with zero attached hydrogens (tertiary/aromatic N) is 2. The lowest BCUT2D eigenvalue weighted by Crippen LogP contribution is -2.42. The van der Waals surface area contributed by atoms with E-state index >= 15 is 0 Å². The number of aryl methyl sites for hydroxylation is 1. The van der Waals surface area contributed by atoms with Gasteiger partial charge in [0, 0.05) is 19.7 Å². The van der Waals surface area contributed by atoms with Crippen molar-refractivity contribution in [3.63, 3.8) is 0 Å². The first-order valence-corrected chi connectivity index (χ1v) is 5.91. The molecule has 1 saturated carbocycles. The molecule has 5 heteroatoms. The lowest BCUT2D eigenvalue weighted by atomic mass is 10.0. The third kappa shape index (κ3) is 2.66. The van der Waals surface area contributed by atoms with Crippen LogP contribution in [0.4, 0.5) is 0 Å². The van der Waals surface area contributed by atoms with Gasteiger partial charge in [-0.3, -0.25) is 4.79 Å². The summed E-state index contributed by atoms with van der Waals surface area (Å²) >= 11 is 0. The lowest BCUT2D eigenvalue weighted by Gasteiger charge is -2.28. The van der Waals surface area contributed by atoms with E-state index in [-0.39, 0.29) is 5.91 Å². The molecule has 0 saturated heterocycles. The fourth-order valence-electron chi connectivity index (χ4n) is 2.37. The van der Waals surface area contributed by atoms with Gasteiger partial charge in [-0.05, 0) is 19.8 Å². The minimum absolute atomic E-state index is 0.206. The third-order valence-electron chi connectivity index (χ3n) is 3.26. The molecular weight excluding hydrogens is 220 g/mol. The molecule has 5 nitrogen and oxygen atoms in total. The van der Waals surface area contributed by atoms with E-state index in [2.05, 4.69) is 5.16 Å². The Hall–Kier alpha value is -1.36. The number of aromatic nitrogens is 1. The molecule has 0 bridgehead atoms. The Morgan fingerprint density at radius 2 is 2.24 bits per heavy atom. The smallest absolute Gasteiger partial charge is 0.275 e. The van der Waals surface area contributed by atoms with Crippen molar-refractivity contribution in [3.05, 3.63) is 17.5 Å². The molecule has 94 valence electrons. The van der Waals surface area contributed by atoms with E-state index < -0.39 is 5.60 Å². The Morgan fingerprint density at radius 1 is 1.59 bits per heavy atom. The number of hydrogen-bond donors (Lipinski definition) is 1. The predicted molar refractivity (Wildman–Crippen MR) is 61.6 cm³/mol. The summed E-state index contributed by atoms with van der Waals surface area (Å²) in [5.74, 6) is 0.406. The van der Waals surface area contributed by atoms with Gasteiger partial charge in [0.15, 0.2) is 5.69 Å². The number of amides is 1. The van der Waals surface area contributed by atoms with Crippen LogP contribution in [0.3, 0.4) is 0 Å². The van der Waals surface area contributed by atoms with Gasteiger partial charge in [-0.1, -0.05) is 18.0 Å². The number of likely N-dealkylation sites (N-methyl/N-ethyl adjacent to an activating group) is 1. The van der Waals surface area contributed by atoms with Crippen molar-refractivity contribution in [1.29, 1.82) is 0 Å². The molecule has 1 aromatic heterocycles. The monoisotopic (exact) mass is 238 g/mol. The molecule has 2 rings (SSSR count). The summed E-state index contributed by atoms with van der Waals surface area (Å²) in [7, 11) is 1.68. The SMILES string of the molecule is Cc1cc(C(=O)N(C)CC2(O)CCCC2)no1. The first-order chi connectivity index (χ1) is 8.00. The Bertz CT molecular complexity index is 408. The molecule has 1 amide bonds. The molecule has 1 heterocycles. The van der Waals surface area contributed by atoms with E-state index in [1.54, 1.807) is 20.0 Å². The quantitative estimate of drug-likeness (QED) is 0.863. The molecule has 1 aliphatic carbocycles. The van der Waals surface area contributed by atoms with Gasteiger partial charge >= 0.3 is 0 Å². The zero-order valence-corrected chi connectivity index (χ0v) is 10.3. The van der Waals surface area contributed by atoms with Crippen LogP contribution in [0.1, 0.15) is 41.9 Å². The molecule has 0 spiro atoms. The molecule has 0 radical (unpaired) electrons. The lowest BCUT2D eigenvalue weighted by molar-refractivity contribution is 0.0153. The van der Waals surface area contributed by atoms with Crippen molar-refractivity contribution >= 4 is 5.91 Å². The molecule has 0 aromatic carbocycles. The summed E-state index contributed by atoms with van der Waals surface area (Å²) in [5, 5.41) is 13.9. The number of carbonyl (C=O) groups excluding carboxylic acids is 1. The highest BCUT2D eigenvalue weighted by Crippen LogP contribution is 2.30. The first-order valence-electron chi connectivity index (χ1n) is 5.91. The van der Waals surface area contributed by atoms with Crippen LogP contribution in [0.2, 0.25) is 0 Å². The minimum atomic E-state index is -0.719. The molecule has 0 atom stereocenters. The maximum absolute atomic E-state index is 12.0. The van der Waals surface area contributed by atoms with Gasteiger partial charge in [-0.15, -0.1) is 0 Å². The number of rotatable bonds is 3. The van der Waals surface area contributed by atoms with Gasteiger partial charge in [0.2, 0.25) is 0 Å². The molecule has 1 fully saturated rings. The summed E-state index contributed by atoms with van der Waals surface area (Å²) in [6.45, 7) is 2.10. The summed E-state index contributed by atoms with van der Waals surface area (Å²) in [6, 6.07) is 1.61. The topological polar surface area (TPSA) is 66.6 Å². The Labute approximate surface area is 100 Å². The first kappa shape index (κ1) is 12.1. The second kappa shape index (κ2) is 4.49. The summed E-state index contributed by atoms with van der Waals surface area (Å²) in [5.41, 5.74) is -0.421. The van der Waals surface area contributed by atoms with Crippen LogP contribution in [-0.4, -0.2) is 40.3 Å². The van der Waals surface area contributed by atoms with Crippen LogP contribution in [0, 0.1) is 6.92 Å². The van der Waals surface area contributed by atoms with Crippen LogP contribution >= 0.6 is 0 Å². The van der Waals surface area contributed by atoms with Crippen molar-refractivity contribution in [2.75, 3.05) is 13.6 Å². The van der Waals surface area contributed by atoms with Crippen LogP contribution in [0.5, 0.6) is 0 Å². The highest BCUT2D eigenvalue weighted by molar-refractivity contribution is 5.92. The van der Waals surface area contributed by atoms with Crippen LogP contribution < -0.4 is 0 Å². The van der Waals surface area contributed by atoms with Crippen molar-refractivity contribution in [3.8, 4) is 0 Å². The van der Waals surface area contributed by atoms with Crippen molar-refractivity contribution in [1.82, 2.24) is 10.1 Å². The van der Waals surface area contributed by atoms with Gasteiger partial charge in [-0.25, -0.2) is 0 Å². The summed E-state index contributed by atoms with van der Waals surface area (Å²) < 4.78 is 4.87. The Morgan fingerprint density at radius 3 is 2.76 bits per heavy atom. The fraction of sp³-hybridized carbons (Fsp3) is 0.667. The van der Waals surface area contributed by atoms with Crippen LogP contribution in [0.15, 0.2) is 10.6 Å². The fourth-order valence-corrected chi connectivity index (χ4v) is 2.37. The molecule has 17 heavy (non-hydrogen) atoms. The van der Waals surface area contributed by atoms with Crippen molar-refractivity contribution in [2.45, 2.75) is 38.2 Å². The molecule has 1 aromatic rings. The second-order valence-corrected chi connectivity index (χ2v) is 4.92. The molecular formula is C12H18N2O3. The van der Waals surface area contributed by atoms with Gasteiger partial charge < -0.3 is 14.5 Å². The van der Waals surface area contributed by atoms with E-state index in [0.29, 0.717) is 18.0 Å². The normalized spacial score (nSPS) is 18.3. The number of hydrogen-bond acceptors (Lipinski definition) is 4. The van der Waals surface area contributed by atoms with E-state index in [0.717, 1.165) is 25.7 Å². The van der Waals surface area contributed by atoms with Gasteiger partial charge in [0.05, 0.1) is 5.60 Å². The zero-order chi connectivity index (χ0) is 12.5. The van der Waals surface area contributed by atoms with Crippen molar-refractivity contribution in [2.24, 2.45) is 0 Å². The molecule has 0 aliphatic heterocycles. The van der Waals surface area contributed by atoms with Gasteiger partial charge in [-0.2, -0.15) is 0 Å². The standard InChI is InChI=1S/C12H18N2O3/c1-9-7-10(13-17-9)11(15)14(2)8-12(16)5-3-4-6-12/h7,16H,3-6,8H2,1-2H3. The third-order valence-corrected chi connectivity index (χ3v) is 3.26. The zero-order valence-electron chi connectivity index (χ0n) is 10.3. The van der Waals surface area contributed by atoms with Crippen LogP contribution in [0.25, 0.3) is 0 Å². The Kier molecular flexibility index (Phi) is 3.19. The minimum Gasteiger partial charge on any atom is -0.388 e. The Balaban J connectivity index is 2.00. The second-order valence-electron chi connectivity index (χ2n) is 4.92. The van der Waals surface area contributed by atoms with E-state index in [1.807, 2.05) is 0 Å². The van der Waals surface area contributed by atoms with E-state index in [1.165, 1.54) is 4.90 Å². The average Bonchev–Trinajstić information content (AvgIpc) is 2.86. The molecule has 0 unspecified atom stereocenters. The van der Waals surface area contributed by atoms with E-state index in [9.17, 15) is 9.90 Å². The van der Waals surface area contributed by atoms with Gasteiger partial charge in [0.25, 0.3) is 5.91 Å². The largest absolute Gasteiger partial charge is 0.388 e. The van der Waals surface area contributed by atoms with E-state index in [4.69, 9.17) is 4.52 Å².